The predicted molar refractivity (Wildman–Crippen MR) is 94.7 cm³/mol. The first-order valence-corrected chi connectivity index (χ1v) is 10.2. The molecule has 6 nitrogen and oxygen atoms in total. The average Bonchev–Trinajstić information content (AvgIpc) is 2.71. The zero-order valence-electron chi connectivity index (χ0n) is 13.8. The van der Waals surface area contributed by atoms with Crippen LogP contribution >= 0.6 is 0 Å². The van der Waals surface area contributed by atoms with Gasteiger partial charge in [0, 0.05) is 35.2 Å². The summed E-state index contributed by atoms with van der Waals surface area (Å²) < 4.78 is 24.4. The van der Waals surface area contributed by atoms with Gasteiger partial charge < -0.3 is 10.3 Å². The van der Waals surface area contributed by atoms with Crippen molar-refractivity contribution in [3.8, 4) is 0 Å². The summed E-state index contributed by atoms with van der Waals surface area (Å²) in [7, 11) is -3.23. The van der Waals surface area contributed by atoms with Gasteiger partial charge >= 0.3 is 0 Å². The lowest BCUT2D eigenvalue weighted by Crippen LogP contribution is -2.34. The van der Waals surface area contributed by atoms with Crippen LogP contribution in [-0.4, -0.2) is 38.7 Å². The molecule has 0 atom stereocenters. The van der Waals surface area contributed by atoms with Crippen molar-refractivity contribution in [1.82, 2.24) is 15.0 Å². The third-order valence-electron chi connectivity index (χ3n) is 4.39. The second kappa shape index (κ2) is 6.94. The first-order valence-electron chi connectivity index (χ1n) is 8.30. The van der Waals surface area contributed by atoms with E-state index < -0.39 is 10.0 Å². The Labute approximate surface area is 142 Å². The molecule has 0 saturated heterocycles. The maximum absolute atomic E-state index is 12.3. The van der Waals surface area contributed by atoms with E-state index in [-0.39, 0.29) is 19.0 Å². The summed E-state index contributed by atoms with van der Waals surface area (Å²) in [6, 6.07) is 5.69. The maximum atomic E-state index is 12.3. The molecule has 0 radical (unpaired) electrons. The highest BCUT2D eigenvalue weighted by atomic mass is 32.2. The molecule has 0 fully saturated rings. The van der Waals surface area contributed by atoms with Crippen LogP contribution in [0, 0.1) is 0 Å². The van der Waals surface area contributed by atoms with Gasteiger partial charge in [-0.2, -0.15) is 0 Å². The Morgan fingerprint density at radius 1 is 1.17 bits per heavy atom. The van der Waals surface area contributed by atoms with Crippen molar-refractivity contribution in [3.63, 3.8) is 0 Å². The monoisotopic (exact) mass is 349 g/mol. The topological polar surface area (TPSA) is 91.1 Å². The smallest absolute Gasteiger partial charge is 0.251 e. The van der Waals surface area contributed by atoms with Gasteiger partial charge in [0.1, 0.15) is 0 Å². The number of rotatable bonds is 5. The van der Waals surface area contributed by atoms with Crippen molar-refractivity contribution >= 4 is 26.8 Å². The van der Waals surface area contributed by atoms with Crippen molar-refractivity contribution in [2.45, 2.75) is 32.1 Å². The molecule has 130 valence electrons. The molecule has 0 unspecified atom stereocenters. The summed E-state index contributed by atoms with van der Waals surface area (Å²) in [5.74, 6) is -0.184. The number of nitrogens with one attached hydrogen (secondary N) is 3. The summed E-state index contributed by atoms with van der Waals surface area (Å²) in [5.41, 5.74) is 4.33. The van der Waals surface area contributed by atoms with Gasteiger partial charge in [-0.3, -0.25) is 4.79 Å². The molecule has 7 heteroatoms. The molecule has 2 aromatic rings. The number of aromatic nitrogens is 1. The zero-order chi connectivity index (χ0) is 17.2. The van der Waals surface area contributed by atoms with E-state index in [9.17, 15) is 13.2 Å². The van der Waals surface area contributed by atoms with E-state index in [0.717, 1.165) is 30.0 Å². The first-order chi connectivity index (χ1) is 11.4. The van der Waals surface area contributed by atoms with Crippen molar-refractivity contribution in [1.29, 1.82) is 0 Å². The number of hydrogen-bond acceptors (Lipinski definition) is 3. The number of carbonyl (C=O) groups is 1. The number of fused-ring (bicyclic) bond motifs is 3. The number of amides is 1. The number of carbonyl (C=O) groups excluding carboxylic acids is 1. The molecule has 0 aliphatic heterocycles. The molecule has 1 aromatic carbocycles. The lowest BCUT2D eigenvalue weighted by atomic mass is 10.0. The molecule has 0 spiro atoms. The second-order valence-electron chi connectivity index (χ2n) is 6.33. The minimum absolute atomic E-state index is 0.184. The van der Waals surface area contributed by atoms with E-state index in [2.05, 4.69) is 15.0 Å². The second-order valence-corrected chi connectivity index (χ2v) is 8.16. The number of aryl methyl sites for hydroxylation is 2. The maximum Gasteiger partial charge on any atom is 0.251 e. The molecular formula is C17H23N3O3S. The average molecular weight is 349 g/mol. The Balaban J connectivity index is 1.73. The van der Waals surface area contributed by atoms with Gasteiger partial charge in [0.15, 0.2) is 0 Å². The molecule has 24 heavy (non-hydrogen) atoms. The van der Waals surface area contributed by atoms with E-state index in [4.69, 9.17) is 0 Å². The Morgan fingerprint density at radius 3 is 2.75 bits per heavy atom. The van der Waals surface area contributed by atoms with Crippen LogP contribution in [0.2, 0.25) is 0 Å². The van der Waals surface area contributed by atoms with Crippen LogP contribution < -0.4 is 10.0 Å². The van der Waals surface area contributed by atoms with Crippen molar-refractivity contribution in [2.24, 2.45) is 0 Å². The van der Waals surface area contributed by atoms with E-state index in [1.54, 1.807) is 6.07 Å². The molecule has 1 amide bonds. The molecular weight excluding hydrogens is 326 g/mol. The Hall–Kier alpha value is -1.86. The molecule has 0 bridgehead atoms. The van der Waals surface area contributed by atoms with Crippen molar-refractivity contribution in [3.05, 3.63) is 35.0 Å². The summed E-state index contributed by atoms with van der Waals surface area (Å²) in [4.78, 5) is 15.8. The Bertz CT molecular complexity index is 855. The standard InChI is InChI=1S/C17H23N3O3S/c1-24(22,23)19-10-9-18-17(21)12-7-8-16-14(11-12)13-5-3-2-4-6-15(13)20-16/h7-8,11,19-20H,2-6,9-10H2,1H3,(H,18,21). The minimum atomic E-state index is -3.23. The fourth-order valence-corrected chi connectivity index (χ4v) is 3.71. The summed E-state index contributed by atoms with van der Waals surface area (Å²) >= 11 is 0. The van der Waals surface area contributed by atoms with Crippen LogP contribution in [0.25, 0.3) is 10.9 Å². The van der Waals surface area contributed by atoms with Crippen LogP contribution in [0.5, 0.6) is 0 Å². The fraction of sp³-hybridized carbons (Fsp3) is 0.471. The van der Waals surface area contributed by atoms with Gasteiger partial charge in [-0.25, -0.2) is 13.1 Å². The number of hydrogen-bond donors (Lipinski definition) is 3. The van der Waals surface area contributed by atoms with E-state index in [0.29, 0.717) is 5.56 Å². The van der Waals surface area contributed by atoms with Crippen molar-refractivity contribution in [2.75, 3.05) is 19.3 Å². The molecule has 1 aromatic heterocycles. The minimum Gasteiger partial charge on any atom is -0.358 e. The van der Waals surface area contributed by atoms with Gasteiger partial charge in [0.05, 0.1) is 6.26 Å². The van der Waals surface area contributed by atoms with E-state index >= 15 is 0 Å². The number of sulfonamides is 1. The zero-order valence-corrected chi connectivity index (χ0v) is 14.6. The highest BCUT2D eigenvalue weighted by molar-refractivity contribution is 7.88. The van der Waals surface area contributed by atoms with Gasteiger partial charge in [-0.05, 0) is 49.4 Å². The SMILES string of the molecule is CS(=O)(=O)NCCNC(=O)c1ccc2[nH]c3c(c2c1)CCCCC3. The van der Waals surface area contributed by atoms with Gasteiger partial charge in [0.2, 0.25) is 10.0 Å². The quantitative estimate of drug-likeness (QED) is 0.567. The molecule has 1 aliphatic carbocycles. The normalized spacial score (nSPS) is 15.0. The molecule has 3 N–H and O–H groups in total. The summed E-state index contributed by atoms with van der Waals surface area (Å²) in [6.07, 6.45) is 6.87. The van der Waals surface area contributed by atoms with E-state index in [1.807, 2.05) is 12.1 Å². The van der Waals surface area contributed by atoms with Crippen LogP contribution in [0.4, 0.5) is 0 Å². The van der Waals surface area contributed by atoms with Crippen LogP contribution in [0.1, 0.15) is 40.9 Å². The largest absolute Gasteiger partial charge is 0.358 e. The third-order valence-corrected chi connectivity index (χ3v) is 5.11. The highest BCUT2D eigenvalue weighted by Gasteiger charge is 2.16. The van der Waals surface area contributed by atoms with Gasteiger partial charge in [-0.15, -0.1) is 0 Å². The summed E-state index contributed by atoms with van der Waals surface area (Å²) in [5, 5.41) is 3.88. The number of H-pyrrole nitrogens is 1. The fourth-order valence-electron chi connectivity index (χ4n) is 3.24. The first kappa shape index (κ1) is 17.0. The van der Waals surface area contributed by atoms with Crippen LogP contribution in [-0.2, 0) is 22.9 Å². The molecule has 3 rings (SSSR count). The number of aromatic amines is 1. The summed E-state index contributed by atoms with van der Waals surface area (Å²) in [6.45, 7) is 0.446. The van der Waals surface area contributed by atoms with E-state index in [1.165, 1.54) is 30.5 Å². The third kappa shape index (κ3) is 3.96. The van der Waals surface area contributed by atoms with Crippen molar-refractivity contribution < 1.29 is 13.2 Å². The molecule has 1 heterocycles. The van der Waals surface area contributed by atoms with Gasteiger partial charge in [0.25, 0.3) is 5.91 Å². The van der Waals surface area contributed by atoms with Crippen LogP contribution in [0.15, 0.2) is 18.2 Å². The molecule has 1 aliphatic rings. The lowest BCUT2D eigenvalue weighted by molar-refractivity contribution is 0.0954. The van der Waals surface area contributed by atoms with Crippen LogP contribution in [0.3, 0.4) is 0 Å². The molecule has 0 saturated carbocycles. The lowest BCUT2D eigenvalue weighted by Gasteiger charge is -2.06. The highest BCUT2D eigenvalue weighted by Crippen LogP contribution is 2.29. The predicted octanol–water partition coefficient (Wildman–Crippen LogP) is 1.72. The Kier molecular flexibility index (Phi) is 4.91. The number of benzene rings is 1. The van der Waals surface area contributed by atoms with Gasteiger partial charge in [-0.1, -0.05) is 6.42 Å². The Morgan fingerprint density at radius 2 is 1.96 bits per heavy atom.